The van der Waals surface area contributed by atoms with Gasteiger partial charge in [-0.2, -0.15) is 0 Å². The zero-order valence-electron chi connectivity index (χ0n) is 11.6. The normalized spacial score (nSPS) is 42.0. The highest BCUT2D eigenvalue weighted by Crippen LogP contribution is 2.66. The molecule has 0 heterocycles. The van der Waals surface area contributed by atoms with Gasteiger partial charge in [0.1, 0.15) is 4.87 Å². The maximum Gasteiger partial charge on any atom is 0.309 e. The number of carboxylic acids is 4. The van der Waals surface area contributed by atoms with Gasteiger partial charge in [-0.15, -0.1) is 11.6 Å². The molecule has 8 nitrogen and oxygen atoms in total. The average Bonchev–Trinajstić information content (AvgIpc) is 2.36. The quantitative estimate of drug-likeness (QED) is 0.536. The largest absolute Gasteiger partial charge is 0.481 e. The maximum absolute atomic E-state index is 11.6. The summed E-state index contributed by atoms with van der Waals surface area (Å²) < 4.78 is 0. The molecule has 6 atom stereocenters. The van der Waals surface area contributed by atoms with E-state index in [1.807, 2.05) is 0 Å². The Morgan fingerprint density at radius 3 is 1.43 bits per heavy atom. The van der Waals surface area contributed by atoms with Crippen LogP contribution in [0.4, 0.5) is 0 Å². The standard InChI is InChI=1S/C13H12Cl2O8/c1-12-2-3(14)13(15,6(10(20)21)4(12)8(16)17)7(11(22)23)5(12)9(18)19/h2,4-7H,1H3,(H,16,17)(H,18,19)(H,20,21)(H,22,23)/t4-,5+,6-,7+,12?,13?. The number of halogens is 2. The Morgan fingerprint density at radius 1 is 0.870 bits per heavy atom. The Kier molecular flexibility index (Phi) is 3.89. The topological polar surface area (TPSA) is 149 Å². The molecule has 2 bridgehead atoms. The van der Waals surface area contributed by atoms with Crippen molar-refractivity contribution >= 4 is 47.1 Å². The van der Waals surface area contributed by atoms with E-state index in [1.54, 1.807) is 0 Å². The lowest BCUT2D eigenvalue weighted by molar-refractivity contribution is -0.184. The summed E-state index contributed by atoms with van der Waals surface area (Å²) in [6, 6.07) is 0. The summed E-state index contributed by atoms with van der Waals surface area (Å²) in [5.41, 5.74) is -1.82. The predicted octanol–water partition coefficient (Wildman–Crippen LogP) is 0.923. The van der Waals surface area contributed by atoms with Crippen LogP contribution in [0.2, 0.25) is 0 Å². The third-order valence-corrected chi connectivity index (χ3v) is 5.97. The van der Waals surface area contributed by atoms with Crippen molar-refractivity contribution in [3.8, 4) is 0 Å². The number of fused-ring (bicyclic) bond motifs is 2. The summed E-state index contributed by atoms with van der Waals surface area (Å²) in [6.45, 7) is 1.18. The van der Waals surface area contributed by atoms with E-state index in [1.165, 1.54) is 6.92 Å². The predicted molar refractivity (Wildman–Crippen MR) is 75.1 cm³/mol. The molecule has 0 spiro atoms. The monoisotopic (exact) mass is 366 g/mol. The highest BCUT2D eigenvalue weighted by atomic mass is 35.5. The number of allylic oxidation sites excluding steroid dienone is 2. The summed E-state index contributed by atoms with van der Waals surface area (Å²) in [5.74, 6) is -13.7. The smallest absolute Gasteiger partial charge is 0.309 e. The van der Waals surface area contributed by atoms with Crippen molar-refractivity contribution in [3.05, 3.63) is 11.1 Å². The molecule has 3 aliphatic carbocycles. The Morgan fingerprint density at radius 2 is 1.17 bits per heavy atom. The third kappa shape index (κ3) is 2.05. The number of carboxylic acid groups (broad SMARTS) is 4. The fourth-order valence-electron chi connectivity index (χ4n) is 3.91. The van der Waals surface area contributed by atoms with Crippen LogP contribution in [-0.2, 0) is 19.2 Å². The third-order valence-electron chi connectivity index (χ3n) is 4.78. The fraction of sp³-hybridized carbons (Fsp3) is 0.538. The van der Waals surface area contributed by atoms with E-state index in [-0.39, 0.29) is 5.03 Å². The Bertz CT molecular complexity index is 614. The minimum absolute atomic E-state index is 0.364. The van der Waals surface area contributed by atoms with Gasteiger partial charge in [0.25, 0.3) is 0 Å². The molecule has 0 aromatic rings. The Hall–Kier alpha value is -1.80. The SMILES string of the molecule is CC12C=C(Cl)C(Cl)([C@H](C(=O)O)[C@H]1C(=O)O)[C@@H](C(=O)O)[C@@H]2C(=O)O. The highest BCUT2D eigenvalue weighted by Gasteiger charge is 2.74. The second-order valence-corrected chi connectivity index (χ2v) is 6.92. The molecular formula is C13H12Cl2O8. The number of hydrogen-bond donors (Lipinski definition) is 4. The van der Waals surface area contributed by atoms with Crippen molar-refractivity contribution < 1.29 is 39.6 Å². The van der Waals surface area contributed by atoms with Crippen LogP contribution in [0.15, 0.2) is 11.1 Å². The molecule has 1 fully saturated rings. The van der Waals surface area contributed by atoms with Gasteiger partial charge in [0.2, 0.25) is 0 Å². The van der Waals surface area contributed by atoms with Gasteiger partial charge in [-0.25, -0.2) is 0 Å². The minimum atomic E-state index is -2.36. The van der Waals surface area contributed by atoms with E-state index in [2.05, 4.69) is 0 Å². The lowest BCUT2D eigenvalue weighted by Crippen LogP contribution is -2.69. The molecule has 2 unspecified atom stereocenters. The number of aliphatic carboxylic acids is 4. The lowest BCUT2D eigenvalue weighted by Gasteiger charge is -2.58. The van der Waals surface area contributed by atoms with Gasteiger partial charge >= 0.3 is 23.9 Å². The molecule has 3 aliphatic rings. The van der Waals surface area contributed by atoms with Crippen LogP contribution in [0, 0.1) is 29.1 Å². The van der Waals surface area contributed by atoms with Crippen molar-refractivity contribution in [3.63, 3.8) is 0 Å². The zero-order valence-corrected chi connectivity index (χ0v) is 13.1. The van der Waals surface area contributed by atoms with Crippen LogP contribution in [0.1, 0.15) is 6.92 Å². The fourth-order valence-corrected chi connectivity index (χ4v) is 4.88. The van der Waals surface area contributed by atoms with Gasteiger partial charge in [-0.3, -0.25) is 19.2 Å². The first-order chi connectivity index (χ1) is 10.4. The van der Waals surface area contributed by atoms with Gasteiger partial charge in [0.15, 0.2) is 0 Å². The molecule has 0 amide bonds. The van der Waals surface area contributed by atoms with Crippen LogP contribution >= 0.6 is 23.2 Å². The van der Waals surface area contributed by atoms with Crippen LogP contribution < -0.4 is 0 Å². The summed E-state index contributed by atoms with van der Waals surface area (Å²) in [4.78, 5) is 44.1. The molecular weight excluding hydrogens is 355 g/mol. The van der Waals surface area contributed by atoms with Gasteiger partial charge in [-0.1, -0.05) is 24.6 Å². The second kappa shape index (κ2) is 5.10. The summed E-state index contributed by atoms with van der Waals surface area (Å²) in [6.07, 6.45) is 1.07. The zero-order chi connectivity index (χ0) is 17.9. The lowest BCUT2D eigenvalue weighted by atomic mass is 9.46. The molecule has 3 rings (SSSR count). The first-order valence-corrected chi connectivity index (χ1v) is 7.15. The molecule has 23 heavy (non-hydrogen) atoms. The van der Waals surface area contributed by atoms with Gasteiger partial charge < -0.3 is 20.4 Å². The van der Waals surface area contributed by atoms with E-state index in [0.29, 0.717) is 0 Å². The van der Waals surface area contributed by atoms with Gasteiger partial charge in [0, 0.05) is 10.4 Å². The molecule has 0 radical (unpaired) electrons. The number of rotatable bonds is 4. The molecule has 0 aliphatic heterocycles. The molecule has 1 saturated carbocycles. The van der Waals surface area contributed by atoms with Crippen molar-refractivity contribution in [2.24, 2.45) is 29.1 Å². The van der Waals surface area contributed by atoms with Crippen molar-refractivity contribution in [2.45, 2.75) is 11.8 Å². The summed E-state index contributed by atoms with van der Waals surface area (Å²) >= 11 is 12.2. The molecule has 10 heteroatoms. The number of alkyl halides is 1. The van der Waals surface area contributed by atoms with Crippen LogP contribution in [0.3, 0.4) is 0 Å². The van der Waals surface area contributed by atoms with Gasteiger partial charge in [0.05, 0.1) is 23.7 Å². The van der Waals surface area contributed by atoms with Crippen LogP contribution in [0.5, 0.6) is 0 Å². The van der Waals surface area contributed by atoms with E-state index in [0.717, 1.165) is 6.08 Å². The second-order valence-electron chi connectivity index (χ2n) is 5.89. The van der Waals surface area contributed by atoms with E-state index < -0.39 is 57.8 Å². The van der Waals surface area contributed by atoms with Crippen LogP contribution in [0.25, 0.3) is 0 Å². The molecule has 0 aromatic carbocycles. The summed E-state index contributed by atoms with van der Waals surface area (Å²) in [7, 11) is 0. The first kappa shape index (κ1) is 17.6. The van der Waals surface area contributed by atoms with Crippen LogP contribution in [-0.4, -0.2) is 49.2 Å². The van der Waals surface area contributed by atoms with Crippen molar-refractivity contribution in [2.75, 3.05) is 0 Å². The Labute approximate surface area is 139 Å². The van der Waals surface area contributed by atoms with Gasteiger partial charge in [-0.05, 0) is 0 Å². The van der Waals surface area contributed by atoms with Crippen molar-refractivity contribution in [1.82, 2.24) is 0 Å². The molecule has 0 aromatic heterocycles. The average molecular weight is 367 g/mol. The maximum atomic E-state index is 11.6. The molecule has 126 valence electrons. The number of carbonyl (C=O) groups is 4. The Balaban J connectivity index is 2.88. The van der Waals surface area contributed by atoms with E-state index in [4.69, 9.17) is 23.2 Å². The first-order valence-electron chi connectivity index (χ1n) is 6.39. The van der Waals surface area contributed by atoms with E-state index in [9.17, 15) is 39.6 Å². The van der Waals surface area contributed by atoms with E-state index >= 15 is 0 Å². The highest BCUT2D eigenvalue weighted by molar-refractivity contribution is 6.42. The summed E-state index contributed by atoms with van der Waals surface area (Å²) in [5, 5.41) is 37.4. The van der Waals surface area contributed by atoms with Crippen molar-refractivity contribution in [1.29, 1.82) is 0 Å². The number of hydrogen-bond acceptors (Lipinski definition) is 4. The molecule has 0 saturated heterocycles. The minimum Gasteiger partial charge on any atom is -0.481 e. The molecule has 4 N–H and O–H groups in total.